The van der Waals surface area contributed by atoms with Gasteiger partial charge in [0.05, 0.1) is 0 Å². The zero-order chi connectivity index (χ0) is 16.0. The lowest BCUT2D eigenvalue weighted by Gasteiger charge is -2.37. The van der Waals surface area contributed by atoms with Crippen molar-refractivity contribution in [2.75, 3.05) is 33.1 Å². The first-order valence-electron chi connectivity index (χ1n) is 8.67. The zero-order valence-corrected chi connectivity index (χ0v) is 15.5. The predicted molar refractivity (Wildman–Crippen MR) is 96.8 cm³/mol. The minimum atomic E-state index is 0.295. The van der Waals surface area contributed by atoms with Crippen LogP contribution in [0.1, 0.15) is 46.0 Å². The van der Waals surface area contributed by atoms with Gasteiger partial charge < -0.3 is 15.4 Å². The van der Waals surface area contributed by atoms with Gasteiger partial charge in [-0.2, -0.15) is 11.8 Å². The Bertz CT molecular complexity index is 359. The summed E-state index contributed by atoms with van der Waals surface area (Å²) in [6, 6.07) is 0.560. The third-order valence-corrected chi connectivity index (χ3v) is 6.58. The lowest BCUT2D eigenvalue weighted by molar-refractivity contribution is 0.0782. The number of rotatable bonds is 4. The minimum Gasteiger partial charge on any atom is -0.381 e. The maximum Gasteiger partial charge on any atom is 0.191 e. The van der Waals surface area contributed by atoms with E-state index in [1.54, 1.807) is 0 Å². The molecule has 0 amide bonds. The molecule has 1 heterocycles. The lowest BCUT2D eigenvalue weighted by atomic mass is 9.80. The van der Waals surface area contributed by atoms with Crippen LogP contribution in [0.25, 0.3) is 0 Å². The summed E-state index contributed by atoms with van der Waals surface area (Å²) >= 11 is 1.97. The fraction of sp³-hybridized carbons (Fsp3) is 0.941. The van der Waals surface area contributed by atoms with Gasteiger partial charge in [0.15, 0.2) is 5.96 Å². The third kappa shape index (κ3) is 5.05. The van der Waals surface area contributed by atoms with Crippen molar-refractivity contribution in [1.82, 2.24) is 10.6 Å². The monoisotopic (exact) mass is 327 g/mol. The van der Waals surface area contributed by atoms with E-state index in [0.29, 0.717) is 10.8 Å². The molecule has 5 heteroatoms. The van der Waals surface area contributed by atoms with E-state index in [9.17, 15) is 0 Å². The van der Waals surface area contributed by atoms with Gasteiger partial charge in [-0.1, -0.05) is 13.8 Å². The van der Waals surface area contributed by atoms with Gasteiger partial charge in [-0.25, -0.2) is 0 Å². The van der Waals surface area contributed by atoms with E-state index in [-0.39, 0.29) is 0 Å². The lowest BCUT2D eigenvalue weighted by Crippen LogP contribution is -2.51. The van der Waals surface area contributed by atoms with Gasteiger partial charge in [0.25, 0.3) is 0 Å². The molecule has 2 fully saturated rings. The van der Waals surface area contributed by atoms with Crippen LogP contribution in [-0.2, 0) is 4.74 Å². The van der Waals surface area contributed by atoms with E-state index in [1.165, 1.54) is 19.3 Å². The Morgan fingerprint density at radius 3 is 2.36 bits per heavy atom. The SMILES string of the molecule is CN=C(NCC1(SC)CCOCC1)NC1CC(C)CC(C)C1. The van der Waals surface area contributed by atoms with Gasteiger partial charge in [-0.15, -0.1) is 0 Å². The van der Waals surface area contributed by atoms with Crippen LogP contribution in [0, 0.1) is 11.8 Å². The first kappa shape index (κ1) is 17.9. The second kappa shape index (κ2) is 8.44. The highest BCUT2D eigenvalue weighted by atomic mass is 32.2. The Labute approximate surface area is 140 Å². The normalized spacial score (nSPS) is 32.5. The van der Waals surface area contributed by atoms with Crippen molar-refractivity contribution < 1.29 is 4.74 Å². The number of nitrogens with zero attached hydrogens (tertiary/aromatic N) is 1. The second-order valence-corrected chi connectivity index (χ2v) is 8.46. The Morgan fingerprint density at radius 1 is 1.18 bits per heavy atom. The minimum absolute atomic E-state index is 0.295. The molecule has 128 valence electrons. The molecule has 0 bridgehead atoms. The van der Waals surface area contributed by atoms with Crippen molar-refractivity contribution >= 4 is 17.7 Å². The van der Waals surface area contributed by atoms with Crippen molar-refractivity contribution in [3.05, 3.63) is 0 Å². The van der Waals surface area contributed by atoms with Crippen LogP contribution in [0.4, 0.5) is 0 Å². The molecule has 1 aliphatic carbocycles. The summed E-state index contributed by atoms with van der Waals surface area (Å²) in [7, 11) is 1.88. The van der Waals surface area contributed by atoms with Gasteiger partial charge in [0, 0.05) is 37.6 Å². The molecular weight excluding hydrogens is 294 g/mol. The van der Waals surface area contributed by atoms with Crippen LogP contribution < -0.4 is 10.6 Å². The Kier molecular flexibility index (Phi) is 6.87. The predicted octanol–water partition coefficient (Wildman–Crippen LogP) is 2.89. The molecule has 0 aromatic rings. The summed E-state index contributed by atoms with van der Waals surface area (Å²) in [5.41, 5.74) is 0. The highest BCUT2D eigenvalue weighted by Gasteiger charge is 2.32. The topological polar surface area (TPSA) is 45.7 Å². The first-order valence-corrected chi connectivity index (χ1v) is 9.89. The summed E-state index contributed by atoms with van der Waals surface area (Å²) < 4.78 is 5.81. The largest absolute Gasteiger partial charge is 0.381 e. The average molecular weight is 328 g/mol. The summed E-state index contributed by atoms with van der Waals surface area (Å²) in [6.07, 6.45) is 8.33. The number of aliphatic imine (C=N–C) groups is 1. The molecule has 1 aliphatic heterocycles. The van der Waals surface area contributed by atoms with Crippen LogP contribution in [0.3, 0.4) is 0 Å². The molecule has 2 aliphatic rings. The molecule has 0 aromatic heterocycles. The molecule has 0 spiro atoms. The molecule has 0 aromatic carbocycles. The van der Waals surface area contributed by atoms with Crippen molar-refractivity contribution in [2.24, 2.45) is 16.8 Å². The average Bonchev–Trinajstić information content (AvgIpc) is 2.51. The molecular formula is C17H33N3OS. The van der Waals surface area contributed by atoms with E-state index in [1.807, 2.05) is 18.8 Å². The van der Waals surface area contributed by atoms with Crippen LogP contribution >= 0.6 is 11.8 Å². The second-order valence-electron chi connectivity index (χ2n) is 7.18. The molecule has 2 rings (SSSR count). The number of nitrogens with one attached hydrogen (secondary N) is 2. The van der Waals surface area contributed by atoms with E-state index < -0.39 is 0 Å². The van der Waals surface area contributed by atoms with E-state index >= 15 is 0 Å². The van der Waals surface area contributed by atoms with Gasteiger partial charge in [-0.3, -0.25) is 4.99 Å². The van der Waals surface area contributed by atoms with Crippen LogP contribution in [0.2, 0.25) is 0 Å². The van der Waals surface area contributed by atoms with Gasteiger partial charge in [0.1, 0.15) is 0 Å². The number of hydrogen-bond donors (Lipinski definition) is 2. The Balaban J connectivity index is 1.84. The molecule has 2 unspecified atom stereocenters. The Morgan fingerprint density at radius 2 is 1.82 bits per heavy atom. The molecule has 2 atom stereocenters. The fourth-order valence-electron chi connectivity index (χ4n) is 3.89. The van der Waals surface area contributed by atoms with Crippen molar-refractivity contribution in [3.63, 3.8) is 0 Å². The summed E-state index contributed by atoms with van der Waals surface area (Å²) in [5, 5.41) is 7.22. The number of guanidine groups is 1. The van der Waals surface area contributed by atoms with E-state index in [4.69, 9.17) is 4.74 Å². The number of hydrogen-bond acceptors (Lipinski definition) is 3. The summed E-state index contributed by atoms with van der Waals surface area (Å²) in [4.78, 5) is 4.44. The standard InChI is InChI=1S/C17H33N3OS/c1-13-9-14(2)11-15(10-13)20-16(18-3)19-12-17(22-4)5-7-21-8-6-17/h13-15H,5-12H2,1-4H3,(H2,18,19,20). The highest BCUT2D eigenvalue weighted by Crippen LogP contribution is 2.33. The molecule has 22 heavy (non-hydrogen) atoms. The molecule has 2 N–H and O–H groups in total. The van der Waals surface area contributed by atoms with Crippen LogP contribution in [-0.4, -0.2) is 49.8 Å². The maximum atomic E-state index is 5.52. The maximum absolute atomic E-state index is 5.52. The highest BCUT2D eigenvalue weighted by molar-refractivity contribution is 8.00. The number of ether oxygens (including phenoxy) is 1. The van der Waals surface area contributed by atoms with Crippen LogP contribution in [0.15, 0.2) is 4.99 Å². The molecule has 1 saturated carbocycles. The summed E-state index contributed by atoms with van der Waals surface area (Å²) in [5.74, 6) is 2.59. The molecule has 1 saturated heterocycles. The van der Waals surface area contributed by atoms with Crippen molar-refractivity contribution in [2.45, 2.75) is 56.7 Å². The van der Waals surface area contributed by atoms with Crippen molar-refractivity contribution in [1.29, 1.82) is 0 Å². The van der Waals surface area contributed by atoms with Crippen molar-refractivity contribution in [3.8, 4) is 0 Å². The fourth-order valence-corrected chi connectivity index (χ4v) is 4.69. The molecule has 4 nitrogen and oxygen atoms in total. The van der Waals surface area contributed by atoms with E-state index in [0.717, 1.165) is 50.4 Å². The Hall–Kier alpha value is -0.420. The quantitative estimate of drug-likeness (QED) is 0.616. The smallest absolute Gasteiger partial charge is 0.191 e. The van der Waals surface area contributed by atoms with Gasteiger partial charge in [0.2, 0.25) is 0 Å². The number of thioether (sulfide) groups is 1. The molecule has 0 radical (unpaired) electrons. The zero-order valence-electron chi connectivity index (χ0n) is 14.7. The first-order chi connectivity index (χ1) is 10.6. The van der Waals surface area contributed by atoms with Gasteiger partial charge >= 0.3 is 0 Å². The van der Waals surface area contributed by atoms with Crippen LogP contribution in [0.5, 0.6) is 0 Å². The third-order valence-electron chi connectivity index (χ3n) is 5.16. The van der Waals surface area contributed by atoms with Gasteiger partial charge in [-0.05, 0) is 50.2 Å². The summed E-state index contributed by atoms with van der Waals surface area (Å²) in [6.45, 7) is 7.46. The van der Waals surface area contributed by atoms with E-state index in [2.05, 4.69) is 35.7 Å².